The van der Waals surface area contributed by atoms with Crippen molar-refractivity contribution in [3.63, 3.8) is 0 Å². The lowest BCUT2D eigenvalue weighted by molar-refractivity contribution is -0.145. The molecule has 1 heterocycles. The van der Waals surface area contributed by atoms with Crippen LogP contribution in [-0.4, -0.2) is 35.9 Å². The van der Waals surface area contributed by atoms with Crippen LogP contribution in [0.1, 0.15) is 52.4 Å². The van der Waals surface area contributed by atoms with Crippen LogP contribution in [0.25, 0.3) is 0 Å². The summed E-state index contributed by atoms with van der Waals surface area (Å²) >= 11 is 0. The number of nitrogens with one attached hydrogen (secondary N) is 1. The number of ether oxygens (including phenoxy) is 1. The largest absolute Gasteiger partial charge is 0.481 e. The Hall–Kier alpha value is -0.610. The maximum atomic E-state index is 11.3. The molecule has 0 aromatic rings. The number of carbonyl (C=O) groups is 1. The van der Waals surface area contributed by atoms with Crippen molar-refractivity contribution in [2.75, 3.05) is 13.2 Å². The number of aliphatic carboxylic acids is 1. The average molecular weight is 269 g/mol. The van der Waals surface area contributed by atoms with E-state index < -0.39 is 5.97 Å². The topological polar surface area (TPSA) is 58.6 Å². The normalized spacial score (nSPS) is 34.9. The van der Waals surface area contributed by atoms with Gasteiger partial charge in [0.1, 0.15) is 0 Å². The number of hydrogen-bond acceptors (Lipinski definition) is 3. The first-order valence-electron chi connectivity index (χ1n) is 7.58. The number of carboxylic acids is 1. The Morgan fingerprint density at radius 3 is 2.74 bits per heavy atom. The summed E-state index contributed by atoms with van der Waals surface area (Å²) in [5, 5.41) is 12.9. The van der Waals surface area contributed by atoms with E-state index in [1.54, 1.807) is 0 Å². The maximum absolute atomic E-state index is 11.3. The molecule has 2 aliphatic rings. The first kappa shape index (κ1) is 14.8. The molecule has 1 saturated carbocycles. The van der Waals surface area contributed by atoms with Gasteiger partial charge in [0, 0.05) is 12.6 Å². The fraction of sp³-hybridized carbons (Fsp3) is 0.933. The SMILES string of the molecule is CC1(C)CC(NCC2CCCCC2C(=O)O)CCO1. The summed E-state index contributed by atoms with van der Waals surface area (Å²) in [7, 11) is 0. The highest BCUT2D eigenvalue weighted by Gasteiger charge is 2.33. The summed E-state index contributed by atoms with van der Waals surface area (Å²) in [4.78, 5) is 11.3. The van der Waals surface area contributed by atoms with Crippen molar-refractivity contribution < 1.29 is 14.6 Å². The zero-order chi connectivity index (χ0) is 13.9. The molecular formula is C15H27NO3. The Bertz CT molecular complexity index is 317. The van der Waals surface area contributed by atoms with E-state index in [9.17, 15) is 9.90 Å². The van der Waals surface area contributed by atoms with Crippen LogP contribution < -0.4 is 5.32 Å². The van der Waals surface area contributed by atoms with Crippen molar-refractivity contribution in [2.45, 2.75) is 64.0 Å². The van der Waals surface area contributed by atoms with Crippen LogP contribution in [0, 0.1) is 11.8 Å². The molecule has 0 amide bonds. The smallest absolute Gasteiger partial charge is 0.306 e. The van der Waals surface area contributed by atoms with Crippen LogP contribution in [0.15, 0.2) is 0 Å². The Kier molecular flexibility index (Phi) is 4.85. The van der Waals surface area contributed by atoms with Gasteiger partial charge < -0.3 is 15.2 Å². The molecular weight excluding hydrogens is 242 g/mol. The minimum atomic E-state index is -0.612. The van der Waals surface area contributed by atoms with Crippen LogP contribution in [0.3, 0.4) is 0 Å². The summed E-state index contributed by atoms with van der Waals surface area (Å²) in [6, 6.07) is 0.472. The van der Waals surface area contributed by atoms with Crippen LogP contribution in [0.2, 0.25) is 0 Å². The van der Waals surface area contributed by atoms with Gasteiger partial charge in [-0.1, -0.05) is 12.8 Å². The van der Waals surface area contributed by atoms with Gasteiger partial charge in [0.2, 0.25) is 0 Å². The van der Waals surface area contributed by atoms with E-state index in [1.807, 2.05) is 0 Å². The lowest BCUT2D eigenvalue weighted by Gasteiger charge is -2.37. The van der Waals surface area contributed by atoms with E-state index in [0.717, 1.165) is 45.3 Å². The molecule has 4 heteroatoms. The summed E-state index contributed by atoms with van der Waals surface area (Å²) in [5.41, 5.74) is -0.0469. The molecule has 1 saturated heterocycles. The van der Waals surface area contributed by atoms with Gasteiger partial charge in [-0.15, -0.1) is 0 Å². The minimum Gasteiger partial charge on any atom is -0.481 e. The fourth-order valence-electron chi connectivity index (χ4n) is 3.50. The molecule has 0 bridgehead atoms. The second-order valence-corrected chi connectivity index (χ2v) is 6.70. The molecule has 4 nitrogen and oxygen atoms in total. The van der Waals surface area contributed by atoms with Crippen molar-refractivity contribution in [3.8, 4) is 0 Å². The third-order valence-corrected chi connectivity index (χ3v) is 4.59. The van der Waals surface area contributed by atoms with Crippen LogP contribution in [-0.2, 0) is 9.53 Å². The Morgan fingerprint density at radius 1 is 1.32 bits per heavy atom. The predicted octanol–water partition coefficient (Wildman–Crippen LogP) is 2.42. The summed E-state index contributed by atoms with van der Waals surface area (Å²) in [5.74, 6) is -0.454. The van der Waals surface area contributed by atoms with Gasteiger partial charge in [-0.05, 0) is 52.0 Å². The molecule has 2 fully saturated rings. The number of rotatable bonds is 4. The quantitative estimate of drug-likeness (QED) is 0.823. The Balaban J connectivity index is 1.81. The minimum absolute atomic E-state index is 0.0469. The highest BCUT2D eigenvalue weighted by molar-refractivity contribution is 5.70. The maximum Gasteiger partial charge on any atom is 0.306 e. The molecule has 110 valence electrons. The van der Waals surface area contributed by atoms with Gasteiger partial charge in [-0.2, -0.15) is 0 Å². The molecule has 0 spiro atoms. The van der Waals surface area contributed by atoms with Gasteiger partial charge in [-0.25, -0.2) is 0 Å². The number of carboxylic acid groups (broad SMARTS) is 1. The molecule has 0 radical (unpaired) electrons. The molecule has 19 heavy (non-hydrogen) atoms. The first-order valence-corrected chi connectivity index (χ1v) is 7.58. The summed E-state index contributed by atoms with van der Waals surface area (Å²) in [6.45, 7) is 5.90. The van der Waals surface area contributed by atoms with Gasteiger partial charge in [0.25, 0.3) is 0 Å². The zero-order valence-electron chi connectivity index (χ0n) is 12.2. The highest BCUT2D eigenvalue weighted by Crippen LogP contribution is 2.30. The predicted molar refractivity (Wildman–Crippen MR) is 74.1 cm³/mol. The third kappa shape index (κ3) is 4.18. The molecule has 1 aliphatic heterocycles. The zero-order valence-corrected chi connectivity index (χ0v) is 12.2. The van der Waals surface area contributed by atoms with Crippen LogP contribution in [0.4, 0.5) is 0 Å². The van der Waals surface area contributed by atoms with E-state index in [2.05, 4.69) is 19.2 Å². The molecule has 2 rings (SSSR count). The second kappa shape index (κ2) is 6.23. The van der Waals surface area contributed by atoms with Crippen molar-refractivity contribution in [1.29, 1.82) is 0 Å². The average Bonchev–Trinajstić information content (AvgIpc) is 2.35. The van der Waals surface area contributed by atoms with E-state index in [1.165, 1.54) is 6.42 Å². The van der Waals surface area contributed by atoms with Crippen molar-refractivity contribution >= 4 is 5.97 Å². The van der Waals surface area contributed by atoms with Crippen LogP contribution >= 0.6 is 0 Å². The summed E-state index contributed by atoms with van der Waals surface area (Å²) < 4.78 is 5.71. The van der Waals surface area contributed by atoms with E-state index in [0.29, 0.717) is 12.0 Å². The van der Waals surface area contributed by atoms with Gasteiger partial charge >= 0.3 is 5.97 Å². The van der Waals surface area contributed by atoms with Gasteiger partial charge in [0.05, 0.1) is 11.5 Å². The van der Waals surface area contributed by atoms with Crippen molar-refractivity contribution in [1.82, 2.24) is 5.32 Å². The molecule has 3 unspecified atom stereocenters. The summed E-state index contributed by atoms with van der Waals surface area (Å²) in [6.07, 6.45) is 6.19. The standard InChI is InChI=1S/C15H27NO3/c1-15(2)9-12(7-8-19-15)16-10-11-5-3-4-6-13(11)14(17)18/h11-13,16H,3-10H2,1-2H3,(H,17,18). The van der Waals surface area contributed by atoms with E-state index in [4.69, 9.17) is 4.74 Å². The number of hydrogen-bond donors (Lipinski definition) is 2. The molecule has 1 aliphatic carbocycles. The third-order valence-electron chi connectivity index (χ3n) is 4.59. The highest BCUT2D eigenvalue weighted by atomic mass is 16.5. The second-order valence-electron chi connectivity index (χ2n) is 6.70. The molecule has 0 aromatic carbocycles. The lowest BCUT2D eigenvalue weighted by atomic mass is 9.79. The fourth-order valence-corrected chi connectivity index (χ4v) is 3.50. The Labute approximate surface area is 115 Å². The molecule has 3 atom stereocenters. The monoisotopic (exact) mass is 269 g/mol. The van der Waals surface area contributed by atoms with Crippen molar-refractivity contribution in [2.24, 2.45) is 11.8 Å². The lowest BCUT2D eigenvalue weighted by Crippen LogP contribution is -2.46. The van der Waals surface area contributed by atoms with Gasteiger partial charge in [0.15, 0.2) is 0 Å². The Morgan fingerprint density at radius 2 is 2.05 bits per heavy atom. The molecule has 2 N–H and O–H groups in total. The van der Waals surface area contributed by atoms with Crippen molar-refractivity contribution in [3.05, 3.63) is 0 Å². The van der Waals surface area contributed by atoms with Crippen LogP contribution in [0.5, 0.6) is 0 Å². The van der Waals surface area contributed by atoms with Gasteiger partial charge in [-0.3, -0.25) is 4.79 Å². The first-order chi connectivity index (χ1) is 8.98. The van der Waals surface area contributed by atoms with E-state index >= 15 is 0 Å². The van der Waals surface area contributed by atoms with E-state index in [-0.39, 0.29) is 11.5 Å². The molecule has 0 aromatic heterocycles.